The molecule has 1 aromatic rings. The molecule has 13 heavy (non-hydrogen) atoms. The Bertz CT molecular complexity index is 456. The third kappa shape index (κ3) is 1.09. The first kappa shape index (κ1) is 7.58. The van der Waals surface area contributed by atoms with Crippen LogP contribution in [0.5, 0.6) is 0 Å². The highest BCUT2D eigenvalue weighted by Gasteiger charge is 2.18. The van der Waals surface area contributed by atoms with Gasteiger partial charge in [0.15, 0.2) is 5.78 Å². The highest BCUT2D eigenvalue weighted by Crippen LogP contribution is 2.27. The second kappa shape index (κ2) is 2.77. The Morgan fingerprint density at radius 3 is 2.62 bits per heavy atom. The molecule has 0 saturated carbocycles. The van der Waals surface area contributed by atoms with Crippen LogP contribution in [0.1, 0.15) is 15.9 Å². The molecule has 2 rings (SSSR count). The predicted octanol–water partition coefficient (Wildman–Crippen LogP) is 2.53. The first-order valence-corrected chi connectivity index (χ1v) is 3.73. The van der Waals surface area contributed by atoms with Crippen molar-refractivity contribution in [1.29, 1.82) is 0 Å². The number of azide groups is 1. The predicted molar refractivity (Wildman–Crippen MR) is 47.9 cm³/mol. The molecule has 0 heterocycles. The Morgan fingerprint density at radius 1 is 1.23 bits per heavy atom. The van der Waals surface area contributed by atoms with E-state index in [0.29, 0.717) is 16.8 Å². The third-order valence-electron chi connectivity index (χ3n) is 1.89. The van der Waals surface area contributed by atoms with Gasteiger partial charge in [-0.25, -0.2) is 0 Å². The number of ketones is 1. The number of fused-ring (bicyclic) bond motifs is 1. The summed E-state index contributed by atoms with van der Waals surface area (Å²) in [5.74, 6) is -0.0991. The molecule has 1 aromatic carbocycles. The summed E-state index contributed by atoms with van der Waals surface area (Å²) in [6.45, 7) is 0. The molecule has 0 radical (unpaired) electrons. The first-order valence-electron chi connectivity index (χ1n) is 3.73. The summed E-state index contributed by atoms with van der Waals surface area (Å²) in [5, 5.41) is 3.44. The van der Waals surface area contributed by atoms with Crippen LogP contribution in [0.3, 0.4) is 0 Å². The van der Waals surface area contributed by atoms with Gasteiger partial charge < -0.3 is 0 Å². The highest BCUT2D eigenvalue weighted by atomic mass is 16.1. The average Bonchev–Trinajstić information content (AvgIpc) is 2.46. The van der Waals surface area contributed by atoms with Crippen molar-refractivity contribution < 1.29 is 4.79 Å². The Kier molecular flexibility index (Phi) is 1.61. The summed E-state index contributed by atoms with van der Waals surface area (Å²) < 4.78 is 0. The van der Waals surface area contributed by atoms with Crippen LogP contribution in [-0.4, -0.2) is 5.78 Å². The largest absolute Gasteiger partial charge is 0.289 e. The Morgan fingerprint density at radius 2 is 1.92 bits per heavy atom. The van der Waals surface area contributed by atoms with Crippen LogP contribution in [0, 0.1) is 0 Å². The second-order valence-electron chi connectivity index (χ2n) is 2.63. The summed E-state index contributed by atoms with van der Waals surface area (Å²) in [5.41, 5.74) is 9.97. The van der Waals surface area contributed by atoms with Crippen LogP contribution in [0.4, 0.5) is 0 Å². The SMILES string of the molecule is [N-]=[N+]=NC1=CC(=O)c2ccccc21. The lowest BCUT2D eigenvalue weighted by Gasteiger charge is -1.96. The summed E-state index contributed by atoms with van der Waals surface area (Å²) in [6, 6.07) is 7.07. The van der Waals surface area contributed by atoms with E-state index in [-0.39, 0.29) is 5.78 Å². The molecule has 62 valence electrons. The zero-order chi connectivity index (χ0) is 9.26. The maximum atomic E-state index is 11.3. The number of carbonyl (C=O) groups is 1. The normalized spacial score (nSPS) is 13.2. The van der Waals surface area contributed by atoms with Gasteiger partial charge >= 0.3 is 0 Å². The van der Waals surface area contributed by atoms with Crippen molar-refractivity contribution in [2.24, 2.45) is 5.11 Å². The number of hydrogen-bond donors (Lipinski definition) is 0. The van der Waals surface area contributed by atoms with Crippen molar-refractivity contribution in [1.82, 2.24) is 0 Å². The van der Waals surface area contributed by atoms with Crippen molar-refractivity contribution in [2.45, 2.75) is 0 Å². The minimum atomic E-state index is -0.0991. The van der Waals surface area contributed by atoms with E-state index in [1.165, 1.54) is 6.08 Å². The van der Waals surface area contributed by atoms with Gasteiger partial charge in [0.25, 0.3) is 0 Å². The van der Waals surface area contributed by atoms with Gasteiger partial charge in [0.1, 0.15) is 0 Å². The molecule has 0 fully saturated rings. The lowest BCUT2D eigenvalue weighted by Crippen LogP contribution is -1.89. The number of rotatable bonds is 1. The van der Waals surface area contributed by atoms with Gasteiger partial charge in [-0.05, 0) is 17.2 Å². The molecule has 0 saturated heterocycles. The number of hydrogen-bond acceptors (Lipinski definition) is 2. The van der Waals surface area contributed by atoms with Crippen molar-refractivity contribution in [2.75, 3.05) is 0 Å². The summed E-state index contributed by atoms with van der Waals surface area (Å²) in [6.07, 6.45) is 1.35. The molecule has 1 aliphatic rings. The van der Waals surface area contributed by atoms with Crippen molar-refractivity contribution in [3.8, 4) is 0 Å². The monoisotopic (exact) mass is 171 g/mol. The Hall–Kier alpha value is -2.06. The maximum Gasteiger partial charge on any atom is 0.186 e. The molecule has 4 heteroatoms. The van der Waals surface area contributed by atoms with E-state index in [1.807, 2.05) is 0 Å². The summed E-state index contributed by atoms with van der Waals surface area (Å²) >= 11 is 0. The van der Waals surface area contributed by atoms with Gasteiger partial charge in [-0.3, -0.25) is 4.79 Å². The molecule has 0 aromatic heterocycles. The van der Waals surface area contributed by atoms with Crippen molar-refractivity contribution in [3.05, 3.63) is 51.9 Å². The van der Waals surface area contributed by atoms with Crippen LogP contribution in [-0.2, 0) is 0 Å². The van der Waals surface area contributed by atoms with Gasteiger partial charge in [0.05, 0.1) is 0 Å². The van der Waals surface area contributed by atoms with Gasteiger partial charge in [0, 0.05) is 16.2 Å². The molecule has 1 aliphatic carbocycles. The van der Waals surface area contributed by atoms with E-state index in [2.05, 4.69) is 10.0 Å². The van der Waals surface area contributed by atoms with Crippen molar-refractivity contribution in [3.63, 3.8) is 0 Å². The lowest BCUT2D eigenvalue weighted by molar-refractivity contribution is 0.105. The number of benzene rings is 1. The van der Waals surface area contributed by atoms with E-state index in [4.69, 9.17) is 5.53 Å². The van der Waals surface area contributed by atoms with Gasteiger partial charge in [-0.15, -0.1) is 0 Å². The average molecular weight is 171 g/mol. The van der Waals surface area contributed by atoms with E-state index in [9.17, 15) is 4.79 Å². The van der Waals surface area contributed by atoms with Crippen molar-refractivity contribution >= 4 is 11.5 Å². The smallest absolute Gasteiger partial charge is 0.186 e. The van der Waals surface area contributed by atoms with Crippen LogP contribution in [0.15, 0.2) is 35.5 Å². The highest BCUT2D eigenvalue weighted by molar-refractivity contribution is 6.16. The summed E-state index contributed by atoms with van der Waals surface area (Å²) in [4.78, 5) is 13.9. The fourth-order valence-electron chi connectivity index (χ4n) is 1.33. The molecular weight excluding hydrogens is 166 g/mol. The summed E-state index contributed by atoms with van der Waals surface area (Å²) in [7, 11) is 0. The topological polar surface area (TPSA) is 65.8 Å². The van der Waals surface area contributed by atoms with Crippen LogP contribution >= 0.6 is 0 Å². The molecule has 4 nitrogen and oxygen atoms in total. The fourth-order valence-corrected chi connectivity index (χ4v) is 1.33. The molecule has 0 atom stereocenters. The zero-order valence-electron chi connectivity index (χ0n) is 6.64. The minimum Gasteiger partial charge on any atom is -0.289 e. The fraction of sp³-hybridized carbons (Fsp3) is 0. The van der Waals surface area contributed by atoms with E-state index in [1.54, 1.807) is 24.3 Å². The molecule has 0 aliphatic heterocycles. The second-order valence-corrected chi connectivity index (χ2v) is 2.63. The molecule has 0 unspecified atom stereocenters. The number of allylic oxidation sites excluding steroid dienone is 1. The lowest BCUT2D eigenvalue weighted by atomic mass is 10.1. The van der Waals surface area contributed by atoms with E-state index >= 15 is 0 Å². The number of carbonyl (C=O) groups excluding carboxylic acids is 1. The first-order chi connectivity index (χ1) is 6.33. The standard InChI is InChI=1S/C9H5N3O/c10-12-11-8-5-9(13)7-4-2-1-3-6(7)8/h1-5H. The number of nitrogens with zero attached hydrogens (tertiary/aromatic N) is 3. The molecule has 0 spiro atoms. The Labute approximate surface area is 74.1 Å². The van der Waals surface area contributed by atoms with E-state index in [0.717, 1.165) is 0 Å². The minimum absolute atomic E-state index is 0.0991. The molecule has 0 amide bonds. The van der Waals surface area contributed by atoms with Crippen LogP contribution in [0.2, 0.25) is 0 Å². The van der Waals surface area contributed by atoms with Gasteiger partial charge in [-0.1, -0.05) is 29.4 Å². The third-order valence-corrected chi connectivity index (χ3v) is 1.89. The Balaban J connectivity index is 2.63. The molecular formula is C9H5N3O. The van der Waals surface area contributed by atoms with E-state index < -0.39 is 0 Å². The zero-order valence-corrected chi connectivity index (χ0v) is 6.64. The quantitative estimate of drug-likeness (QED) is 0.363. The van der Waals surface area contributed by atoms with Gasteiger partial charge in [0.2, 0.25) is 0 Å². The van der Waals surface area contributed by atoms with Gasteiger partial charge in [-0.2, -0.15) is 0 Å². The molecule has 0 N–H and O–H groups in total. The molecule has 0 bridgehead atoms. The van der Waals surface area contributed by atoms with Crippen LogP contribution < -0.4 is 0 Å². The maximum absolute atomic E-state index is 11.3. The van der Waals surface area contributed by atoms with Crippen LogP contribution in [0.25, 0.3) is 16.1 Å².